The minimum absolute atomic E-state index is 0.0122. The van der Waals surface area contributed by atoms with Crippen LogP contribution in [0.1, 0.15) is 168 Å². The fourth-order valence-corrected chi connectivity index (χ4v) is 6.60. The van der Waals surface area contributed by atoms with Crippen LogP contribution in [0.25, 0.3) is 0 Å². The fourth-order valence-electron chi connectivity index (χ4n) is 5.82. The molecular formula is C50H84NO9P. The van der Waals surface area contributed by atoms with E-state index in [0.29, 0.717) is 13.0 Å². The van der Waals surface area contributed by atoms with Crippen molar-refractivity contribution >= 4 is 19.8 Å². The number of esters is 1. The van der Waals surface area contributed by atoms with Gasteiger partial charge in [-0.05, 0) is 89.9 Å². The zero-order valence-corrected chi connectivity index (χ0v) is 38.9. The molecule has 0 rings (SSSR count). The van der Waals surface area contributed by atoms with E-state index in [2.05, 4.69) is 111 Å². The minimum atomic E-state index is -4.64. The molecule has 0 aromatic heterocycles. The summed E-state index contributed by atoms with van der Waals surface area (Å²) in [6.45, 7) is 3.56. The van der Waals surface area contributed by atoms with Crippen LogP contribution in [-0.2, 0) is 32.7 Å². The molecule has 10 nitrogen and oxygen atoms in total. The predicted octanol–water partition coefficient (Wildman–Crippen LogP) is 13.3. The van der Waals surface area contributed by atoms with Gasteiger partial charge in [-0.25, -0.2) is 4.57 Å². The molecule has 348 valence electrons. The SMILES string of the molecule is CC/C=C\C/C=C\C/C=C\C/C=C\CCCCCCCCCCCCC(=O)OC(COCCCCC/C=C\C/C=C\C/C=C\C/C=C\CC)COP(=O)(O)OCC(N)C(=O)O. The Balaban J connectivity index is 4.25. The van der Waals surface area contributed by atoms with Crippen LogP contribution in [0.2, 0.25) is 0 Å². The first kappa shape index (κ1) is 57.9. The van der Waals surface area contributed by atoms with Gasteiger partial charge in [-0.15, -0.1) is 0 Å². The lowest BCUT2D eigenvalue weighted by Crippen LogP contribution is -2.34. The molecule has 0 heterocycles. The van der Waals surface area contributed by atoms with Crippen molar-refractivity contribution < 1.29 is 42.7 Å². The maximum atomic E-state index is 12.7. The molecule has 0 amide bonds. The number of aliphatic carboxylic acids is 1. The molecule has 4 N–H and O–H groups in total. The Morgan fingerprint density at radius 2 is 0.902 bits per heavy atom. The molecule has 3 unspecified atom stereocenters. The van der Waals surface area contributed by atoms with Crippen molar-refractivity contribution in [1.82, 2.24) is 0 Å². The first-order chi connectivity index (χ1) is 29.7. The number of phosphoric ester groups is 1. The van der Waals surface area contributed by atoms with E-state index < -0.39 is 45.1 Å². The van der Waals surface area contributed by atoms with Crippen LogP contribution < -0.4 is 5.73 Å². The normalized spacial score (nSPS) is 14.7. The molecule has 0 saturated carbocycles. The monoisotopic (exact) mass is 874 g/mol. The van der Waals surface area contributed by atoms with Gasteiger partial charge in [-0.3, -0.25) is 18.6 Å². The average molecular weight is 874 g/mol. The molecule has 0 fully saturated rings. The molecule has 0 radical (unpaired) electrons. The number of nitrogens with two attached hydrogens (primary N) is 1. The van der Waals surface area contributed by atoms with Crippen molar-refractivity contribution in [2.75, 3.05) is 26.4 Å². The summed E-state index contributed by atoms with van der Waals surface area (Å²) in [5, 5.41) is 8.91. The molecule has 0 aromatic carbocycles. The standard InChI is InChI=1S/C50H84NO9P/c1-3-5-7-9-11-13-15-17-19-21-22-23-24-25-26-27-28-30-32-34-36-38-40-42-49(52)60-47(45-58-61(55,56)59-46-48(51)50(53)54)44-57-43-41-39-37-35-33-31-29-20-18-16-14-12-10-8-6-4-2/h5-8,11-14,17-20,22-23,31,33,47-48H,3-4,9-10,15-16,21,24-30,32,34-46,51H2,1-2H3,(H,53,54)(H,55,56)/b7-5-,8-6-,13-11-,14-12-,19-17-,20-18-,23-22-,33-31-. The smallest absolute Gasteiger partial charge is 0.472 e. The van der Waals surface area contributed by atoms with Gasteiger partial charge in [0.1, 0.15) is 12.1 Å². The fraction of sp³-hybridized carbons (Fsp3) is 0.640. The molecule has 0 saturated heterocycles. The maximum absolute atomic E-state index is 12.7. The van der Waals surface area contributed by atoms with Crippen LogP contribution in [0.5, 0.6) is 0 Å². The van der Waals surface area contributed by atoms with Gasteiger partial charge in [0.25, 0.3) is 0 Å². The summed E-state index contributed by atoms with van der Waals surface area (Å²) in [6, 6.07) is -1.48. The number of phosphoric acid groups is 1. The molecule has 61 heavy (non-hydrogen) atoms. The van der Waals surface area contributed by atoms with Gasteiger partial charge < -0.3 is 25.2 Å². The number of rotatable bonds is 43. The lowest BCUT2D eigenvalue weighted by molar-refractivity contribution is -0.154. The van der Waals surface area contributed by atoms with Crippen molar-refractivity contribution in [3.8, 4) is 0 Å². The second-order valence-electron chi connectivity index (χ2n) is 15.1. The second kappa shape index (κ2) is 44.9. The van der Waals surface area contributed by atoms with Crippen LogP contribution in [0.15, 0.2) is 97.2 Å². The zero-order chi connectivity index (χ0) is 44.8. The first-order valence-electron chi connectivity index (χ1n) is 23.3. The summed E-state index contributed by atoms with van der Waals surface area (Å²) >= 11 is 0. The van der Waals surface area contributed by atoms with E-state index in [0.717, 1.165) is 103 Å². The number of hydrogen-bond acceptors (Lipinski definition) is 8. The third kappa shape index (κ3) is 44.7. The third-order valence-corrected chi connectivity index (χ3v) is 10.3. The van der Waals surface area contributed by atoms with Crippen molar-refractivity contribution in [3.63, 3.8) is 0 Å². The van der Waals surface area contributed by atoms with Gasteiger partial charge in [0.05, 0.1) is 19.8 Å². The molecule has 0 aliphatic carbocycles. The van der Waals surface area contributed by atoms with Crippen LogP contribution in [0, 0.1) is 0 Å². The van der Waals surface area contributed by atoms with Crippen LogP contribution in [0.4, 0.5) is 0 Å². The Bertz CT molecular complexity index is 1330. The predicted molar refractivity (Wildman–Crippen MR) is 253 cm³/mol. The number of carbonyl (C=O) groups is 2. The highest BCUT2D eigenvalue weighted by molar-refractivity contribution is 7.47. The molecule has 0 bridgehead atoms. The number of allylic oxidation sites excluding steroid dienone is 16. The third-order valence-electron chi connectivity index (χ3n) is 9.36. The van der Waals surface area contributed by atoms with Crippen molar-refractivity contribution in [3.05, 3.63) is 97.2 Å². The molecule has 0 aromatic rings. The summed E-state index contributed by atoms with van der Waals surface area (Å²) in [7, 11) is -4.64. The second-order valence-corrected chi connectivity index (χ2v) is 16.6. The largest absolute Gasteiger partial charge is 0.480 e. The van der Waals surface area contributed by atoms with Crippen molar-refractivity contribution in [2.45, 2.75) is 180 Å². The minimum Gasteiger partial charge on any atom is -0.480 e. The highest BCUT2D eigenvalue weighted by atomic mass is 31.2. The zero-order valence-electron chi connectivity index (χ0n) is 38.0. The number of carbonyl (C=O) groups excluding carboxylic acids is 1. The Labute approximate surface area is 370 Å². The van der Waals surface area contributed by atoms with E-state index in [-0.39, 0.29) is 13.0 Å². The van der Waals surface area contributed by atoms with E-state index in [1.54, 1.807) is 0 Å². The Hall–Kier alpha value is -3.11. The average Bonchev–Trinajstić information content (AvgIpc) is 3.24. The Morgan fingerprint density at radius 3 is 1.34 bits per heavy atom. The van der Waals surface area contributed by atoms with Crippen molar-refractivity contribution in [1.29, 1.82) is 0 Å². The van der Waals surface area contributed by atoms with Crippen LogP contribution >= 0.6 is 7.82 Å². The Kier molecular flexibility index (Phi) is 42.6. The maximum Gasteiger partial charge on any atom is 0.472 e. The highest BCUT2D eigenvalue weighted by Crippen LogP contribution is 2.43. The molecule has 0 spiro atoms. The van der Waals surface area contributed by atoms with Gasteiger partial charge in [0, 0.05) is 13.0 Å². The van der Waals surface area contributed by atoms with E-state index in [9.17, 15) is 19.0 Å². The van der Waals surface area contributed by atoms with Crippen LogP contribution in [0.3, 0.4) is 0 Å². The summed E-state index contributed by atoms with van der Waals surface area (Å²) in [6.07, 6.45) is 58.9. The topological polar surface area (TPSA) is 155 Å². The van der Waals surface area contributed by atoms with Gasteiger partial charge in [0.15, 0.2) is 0 Å². The number of ether oxygens (including phenoxy) is 2. The number of unbranched alkanes of at least 4 members (excludes halogenated alkanes) is 13. The first-order valence-corrected chi connectivity index (χ1v) is 24.8. The quantitative estimate of drug-likeness (QED) is 0.0233. The summed E-state index contributed by atoms with van der Waals surface area (Å²) < 4.78 is 33.4. The molecule has 3 atom stereocenters. The number of carboxylic acids is 1. The lowest BCUT2D eigenvalue weighted by Gasteiger charge is -2.20. The summed E-state index contributed by atoms with van der Waals surface area (Å²) in [5.41, 5.74) is 5.36. The van der Waals surface area contributed by atoms with E-state index in [4.69, 9.17) is 29.4 Å². The molecule has 0 aliphatic rings. The summed E-state index contributed by atoms with van der Waals surface area (Å²) in [5.74, 6) is -1.81. The lowest BCUT2D eigenvalue weighted by atomic mass is 10.0. The van der Waals surface area contributed by atoms with E-state index in [1.165, 1.54) is 38.5 Å². The molecule has 11 heteroatoms. The van der Waals surface area contributed by atoms with Gasteiger partial charge in [0.2, 0.25) is 0 Å². The summed E-state index contributed by atoms with van der Waals surface area (Å²) in [4.78, 5) is 33.6. The van der Waals surface area contributed by atoms with Gasteiger partial charge in [-0.2, -0.15) is 0 Å². The molecular weight excluding hydrogens is 790 g/mol. The molecule has 0 aliphatic heterocycles. The van der Waals surface area contributed by atoms with Gasteiger partial charge >= 0.3 is 19.8 Å². The Morgan fingerprint density at radius 1 is 0.525 bits per heavy atom. The van der Waals surface area contributed by atoms with Crippen molar-refractivity contribution in [2.24, 2.45) is 5.73 Å². The van der Waals surface area contributed by atoms with E-state index in [1.807, 2.05) is 0 Å². The van der Waals surface area contributed by atoms with E-state index >= 15 is 0 Å². The van der Waals surface area contributed by atoms with Crippen LogP contribution in [-0.4, -0.2) is 60.5 Å². The number of hydrogen-bond donors (Lipinski definition) is 3. The number of carboxylic acid groups (broad SMARTS) is 1. The highest BCUT2D eigenvalue weighted by Gasteiger charge is 2.27. The van der Waals surface area contributed by atoms with Gasteiger partial charge in [-0.1, -0.05) is 169 Å².